The third-order valence-electron chi connectivity index (χ3n) is 4.01. The first-order valence-electron chi connectivity index (χ1n) is 6.29. The van der Waals surface area contributed by atoms with Crippen molar-refractivity contribution in [2.45, 2.75) is 37.4 Å². The summed E-state index contributed by atoms with van der Waals surface area (Å²) in [5.41, 5.74) is -0.942. The minimum absolute atomic E-state index is 0.0903. The Morgan fingerprint density at radius 3 is 2.50 bits per heavy atom. The summed E-state index contributed by atoms with van der Waals surface area (Å²) in [6, 6.07) is 2.16. The summed E-state index contributed by atoms with van der Waals surface area (Å²) >= 11 is 0. The molecule has 1 aliphatic heterocycles. The lowest BCUT2D eigenvalue weighted by atomic mass is 9.75. The number of ether oxygens (including phenoxy) is 1. The zero-order chi connectivity index (χ0) is 13.2. The summed E-state index contributed by atoms with van der Waals surface area (Å²) in [6.45, 7) is 2.11. The zero-order valence-corrected chi connectivity index (χ0v) is 10.2. The largest absolute Gasteiger partial charge is 0.391 e. The van der Waals surface area contributed by atoms with Crippen molar-refractivity contribution in [2.75, 3.05) is 26.3 Å². The van der Waals surface area contributed by atoms with Crippen molar-refractivity contribution in [1.29, 1.82) is 5.26 Å². The van der Waals surface area contributed by atoms with Gasteiger partial charge in [0.2, 0.25) is 0 Å². The first kappa shape index (κ1) is 13.6. The van der Waals surface area contributed by atoms with Gasteiger partial charge in [0, 0.05) is 13.1 Å². The zero-order valence-electron chi connectivity index (χ0n) is 10.2. The van der Waals surface area contributed by atoms with Gasteiger partial charge in [-0.3, -0.25) is 4.90 Å². The molecule has 2 fully saturated rings. The Morgan fingerprint density at radius 1 is 1.28 bits per heavy atom. The van der Waals surface area contributed by atoms with Crippen LogP contribution in [-0.4, -0.2) is 42.9 Å². The van der Waals surface area contributed by atoms with Gasteiger partial charge in [0.15, 0.2) is 0 Å². The number of nitriles is 1. The fraction of sp³-hybridized carbons (Fsp3) is 0.917. The Morgan fingerprint density at radius 2 is 1.94 bits per heavy atom. The van der Waals surface area contributed by atoms with Crippen LogP contribution in [0.2, 0.25) is 0 Å². The summed E-state index contributed by atoms with van der Waals surface area (Å²) in [5.74, 6) is -1.34. The van der Waals surface area contributed by atoms with Crippen LogP contribution in [0.15, 0.2) is 0 Å². The topological polar surface area (TPSA) is 36.3 Å². The van der Waals surface area contributed by atoms with E-state index in [0.29, 0.717) is 39.1 Å². The number of alkyl halides is 3. The number of hydrogen-bond donors (Lipinski definition) is 0. The second kappa shape index (κ2) is 5.06. The Hall–Kier alpha value is -0.800. The molecular formula is C12H17F3N2O. The van der Waals surface area contributed by atoms with Gasteiger partial charge >= 0.3 is 6.18 Å². The molecule has 0 amide bonds. The van der Waals surface area contributed by atoms with Crippen molar-refractivity contribution >= 4 is 0 Å². The number of hydrogen-bond acceptors (Lipinski definition) is 3. The maximum absolute atomic E-state index is 12.8. The van der Waals surface area contributed by atoms with Gasteiger partial charge in [-0.15, -0.1) is 0 Å². The molecular weight excluding hydrogens is 245 g/mol. The third-order valence-corrected chi connectivity index (χ3v) is 4.01. The summed E-state index contributed by atoms with van der Waals surface area (Å²) in [4.78, 5) is 1.88. The SMILES string of the molecule is N#CC1(N2CCOCC2)CCCC(C(F)(F)F)C1. The summed E-state index contributed by atoms with van der Waals surface area (Å²) in [5, 5.41) is 9.38. The smallest absolute Gasteiger partial charge is 0.379 e. The van der Waals surface area contributed by atoms with E-state index in [4.69, 9.17) is 4.74 Å². The minimum atomic E-state index is -4.19. The Bertz CT molecular complexity index is 333. The van der Waals surface area contributed by atoms with Gasteiger partial charge in [0.25, 0.3) is 0 Å². The molecule has 0 spiro atoms. The molecule has 2 rings (SSSR count). The summed E-state index contributed by atoms with van der Waals surface area (Å²) < 4.78 is 43.7. The van der Waals surface area contributed by atoms with E-state index in [1.54, 1.807) is 0 Å². The van der Waals surface area contributed by atoms with Gasteiger partial charge in [0.1, 0.15) is 5.54 Å². The molecule has 0 aromatic rings. The number of halogens is 3. The Labute approximate surface area is 105 Å². The molecule has 2 unspecified atom stereocenters. The van der Waals surface area contributed by atoms with E-state index < -0.39 is 17.6 Å². The number of nitrogens with zero attached hydrogens (tertiary/aromatic N) is 2. The van der Waals surface area contributed by atoms with Crippen LogP contribution >= 0.6 is 0 Å². The second-order valence-corrected chi connectivity index (χ2v) is 5.08. The molecule has 1 saturated carbocycles. The first-order chi connectivity index (χ1) is 8.48. The van der Waals surface area contributed by atoms with Gasteiger partial charge < -0.3 is 4.74 Å². The van der Waals surface area contributed by atoms with Crippen molar-refractivity contribution in [1.82, 2.24) is 4.90 Å². The average Bonchev–Trinajstić information content (AvgIpc) is 2.39. The Balaban J connectivity index is 2.14. The van der Waals surface area contributed by atoms with Gasteiger partial charge in [0.05, 0.1) is 25.2 Å². The molecule has 3 nitrogen and oxygen atoms in total. The molecule has 2 aliphatic rings. The quantitative estimate of drug-likeness (QED) is 0.727. The summed E-state index contributed by atoms with van der Waals surface area (Å²) in [7, 11) is 0. The van der Waals surface area contributed by atoms with Crippen molar-refractivity contribution in [2.24, 2.45) is 5.92 Å². The van der Waals surface area contributed by atoms with Gasteiger partial charge in [-0.05, 0) is 25.7 Å². The molecule has 0 aromatic carbocycles. The fourth-order valence-corrected chi connectivity index (χ4v) is 2.98. The molecule has 1 heterocycles. The average molecular weight is 262 g/mol. The Kier molecular flexibility index (Phi) is 3.83. The molecule has 0 N–H and O–H groups in total. The molecule has 1 aliphatic carbocycles. The first-order valence-corrected chi connectivity index (χ1v) is 6.29. The third kappa shape index (κ3) is 2.62. The van der Waals surface area contributed by atoms with Crippen LogP contribution in [0.5, 0.6) is 0 Å². The van der Waals surface area contributed by atoms with Crippen LogP contribution in [0.4, 0.5) is 13.2 Å². The van der Waals surface area contributed by atoms with E-state index in [1.807, 2.05) is 4.90 Å². The molecule has 18 heavy (non-hydrogen) atoms. The molecule has 0 bridgehead atoms. The van der Waals surface area contributed by atoms with E-state index in [1.165, 1.54) is 0 Å². The molecule has 1 saturated heterocycles. The van der Waals surface area contributed by atoms with E-state index in [0.717, 1.165) is 0 Å². The molecule has 2 atom stereocenters. The highest BCUT2D eigenvalue weighted by Crippen LogP contribution is 2.44. The van der Waals surface area contributed by atoms with E-state index in [9.17, 15) is 18.4 Å². The monoisotopic (exact) mass is 262 g/mol. The maximum Gasteiger partial charge on any atom is 0.391 e. The van der Waals surface area contributed by atoms with Crippen molar-refractivity contribution < 1.29 is 17.9 Å². The predicted octanol–water partition coefficient (Wildman–Crippen LogP) is 2.33. The second-order valence-electron chi connectivity index (χ2n) is 5.08. The molecule has 0 radical (unpaired) electrons. The highest BCUT2D eigenvalue weighted by molar-refractivity contribution is 5.12. The predicted molar refractivity (Wildman–Crippen MR) is 58.7 cm³/mol. The summed E-state index contributed by atoms with van der Waals surface area (Å²) in [6.07, 6.45) is -3.12. The number of morpholine rings is 1. The van der Waals surface area contributed by atoms with Gasteiger partial charge in [-0.2, -0.15) is 18.4 Å². The minimum Gasteiger partial charge on any atom is -0.379 e. The van der Waals surface area contributed by atoms with Gasteiger partial charge in [-0.25, -0.2) is 0 Å². The van der Waals surface area contributed by atoms with Crippen LogP contribution in [0.3, 0.4) is 0 Å². The van der Waals surface area contributed by atoms with E-state index in [-0.39, 0.29) is 12.8 Å². The van der Waals surface area contributed by atoms with Gasteiger partial charge in [-0.1, -0.05) is 0 Å². The standard InChI is InChI=1S/C12H17F3N2O/c13-12(14,15)10-2-1-3-11(8-10,9-16)17-4-6-18-7-5-17/h10H,1-8H2. The molecule has 102 valence electrons. The van der Waals surface area contributed by atoms with E-state index >= 15 is 0 Å². The number of rotatable bonds is 1. The molecule has 0 aromatic heterocycles. The van der Waals surface area contributed by atoms with Crippen molar-refractivity contribution in [3.8, 4) is 6.07 Å². The normalized spacial score (nSPS) is 35.1. The lowest BCUT2D eigenvalue weighted by Crippen LogP contribution is -2.56. The van der Waals surface area contributed by atoms with Crippen LogP contribution < -0.4 is 0 Å². The van der Waals surface area contributed by atoms with Crippen LogP contribution in [-0.2, 0) is 4.74 Å². The van der Waals surface area contributed by atoms with Crippen molar-refractivity contribution in [3.05, 3.63) is 0 Å². The van der Waals surface area contributed by atoms with Crippen LogP contribution in [0, 0.1) is 17.2 Å². The fourth-order valence-electron chi connectivity index (χ4n) is 2.98. The highest BCUT2D eigenvalue weighted by atomic mass is 19.4. The van der Waals surface area contributed by atoms with Crippen LogP contribution in [0.1, 0.15) is 25.7 Å². The lowest BCUT2D eigenvalue weighted by Gasteiger charge is -2.45. The van der Waals surface area contributed by atoms with E-state index in [2.05, 4.69) is 6.07 Å². The van der Waals surface area contributed by atoms with Crippen LogP contribution in [0.25, 0.3) is 0 Å². The lowest BCUT2D eigenvalue weighted by molar-refractivity contribution is -0.192. The van der Waals surface area contributed by atoms with Crippen molar-refractivity contribution in [3.63, 3.8) is 0 Å². The molecule has 6 heteroatoms. The maximum atomic E-state index is 12.8. The highest BCUT2D eigenvalue weighted by Gasteiger charge is 2.50.